The van der Waals surface area contributed by atoms with Gasteiger partial charge in [0.2, 0.25) is 0 Å². The topological polar surface area (TPSA) is 86.2 Å². The minimum Gasteiger partial charge on any atom is -0.399 e. The smallest absolute Gasteiger partial charge is 0.399 e. The third kappa shape index (κ3) is 4.58. The van der Waals surface area contributed by atoms with Crippen LogP contribution in [0.1, 0.15) is 43.0 Å². The summed E-state index contributed by atoms with van der Waals surface area (Å²) in [4.78, 5) is 25.2. The maximum Gasteiger partial charge on any atom is 0.417 e. The molecule has 0 atom stereocenters. The van der Waals surface area contributed by atoms with Crippen molar-refractivity contribution in [3.8, 4) is 0 Å². The number of carbonyl (C=O) groups excluding carboxylic acids is 2. The van der Waals surface area contributed by atoms with Crippen molar-refractivity contribution in [2.75, 3.05) is 11.5 Å². The molecular weight excluding hydrogens is 438 g/mol. The van der Waals surface area contributed by atoms with Crippen molar-refractivity contribution in [3.05, 3.63) is 94.0 Å². The number of nitrogens with two attached hydrogens (primary N) is 2. The number of anilines is 2. The zero-order chi connectivity index (χ0) is 23.8. The largest absolute Gasteiger partial charge is 0.417 e. The van der Waals surface area contributed by atoms with E-state index in [0.29, 0.717) is 12.1 Å². The van der Waals surface area contributed by atoms with E-state index in [4.69, 9.17) is 11.5 Å². The van der Waals surface area contributed by atoms with E-state index in [2.05, 4.69) is 0 Å². The van der Waals surface area contributed by atoms with Crippen molar-refractivity contribution in [1.29, 1.82) is 0 Å². The van der Waals surface area contributed by atoms with Gasteiger partial charge in [0, 0.05) is 33.6 Å². The third-order valence-electron chi connectivity index (χ3n) is 4.60. The van der Waals surface area contributed by atoms with Gasteiger partial charge in [-0.25, -0.2) is 0 Å². The van der Waals surface area contributed by atoms with Crippen LogP contribution in [0.5, 0.6) is 0 Å². The number of carbonyl (C=O) groups is 2. The summed E-state index contributed by atoms with van der Waals surface area (Å²) >= 11 is 0. The second-order valence-electron chi connectivity index (χ2n) is 6.84. The molecule has 4 N–H and O–H groups in total. The molecule has 0 saturated carbocycles. The predicted octanol–water partition coefficient (Wildman–Crippen LogP) is 5.35. The van der Waals surface area contributed by atoms with Crippen molar-refractivity contribution >= 4 is 22.9 Å². The van der Waals surface area contributed by atoms with Gasteiger partial charge in [-0.1, -0.05) is 24.3 Å². The van der Waals surface area contributed by atoms with Crippen LogP contribution >= 0.6 is 0 Å². The molecule has 0 unspecified atom stereocenters. The molecule has 0 fully saturated rings. The second kappa shape index (κ2) is 8.03. The molecule has 0 radical (unpaired) electrons. The summed E-state index contributed by atoms with van der Waals surface area (Å²) in [6, 6.07) is 9.67. The van der Waals surface area contributed by atoms with Crippen LogP contribution in [0.25, 0.3) is 0 Å². The molecule has 32 heavy (non-hydrogen) atoms. The summed E-state index contributed by atoms with van der Waals surface area (Å²) in [5, 5.41) is 0. The number of nitrogen functional groups attached to an aromatic ring is 2. The zero-order valence-corrected chi connectivity index (χ0v) is 16.0. The van der Waals surface area contributed by atoms with E-state index >= 15 is 0 Å². The lowest BCUT2D eigenvalue weighted by atomic mass is 9.94. The van der Waals surface area contributed by atoms with Crippen LogP contribution in [-0.4, -0.2) is 11.6 Å². The van der Waals surface area contributed by atoms with Gasteiger partial charge >= 0.3 is 12.4 Å². The minimum atomic E-state index is -4.83. The predicted molar refractivity (Wildman–Crippen MR) is 105 cm³/mol. The first-order valence-corrected chi connectivity index (χ1v) is 8.92. The van der Waals surface area contributed by atoms with Crippen LogP contribution in [-0.2, 0) is 12.4 Å². The van der Waals surface area contributed by atoms with Gasteiger partial charge in [-0.05, 0) is 36.4 Å². The van der Waals surface area contributed by atoms with Crippen LogP contribution in [0.3, 0.4) is 0 Å². The molecule has 166 valence electrons. The van der Waals surface area contributed by atoms with Gasteiger partial charge in [0.15, 0.2) is 11.6 Å². The van der Waals surface area contributed by atoms with E-state index in [9.17, 15) is 35.9 Å². The highest BCUT2D eigenvalue weighted by Gasteiger charge is 2.37. The molecule has 3 rings (SSSR count). The Hall–Kier alpha value is -3.82. The Morgan fingerprint density at radius 2 is 0.875 bits per heavy atom. The minimum absolute atomic E-state index is 0.182. The van der Waals surface area contributed by atoms with E-state index in [1.807, 2.05) is 0 Å². The van der Waals surface area contributed by atoms with E-state index in [0.717, 1.165) is 48.5 Å². The van der Waals surface area contributed by atoms with Crippen molar-refractivity contribution in [2.45, 2.75) is 12.4 Å². The number of halogens is 6. The van der Waals surface area contributed by atoms with E-state index in [1.165, 1.54) is 0 Å². The van der Waals surface area contributed by atoms with Gasteiger partial charge in [0.1, 0.15) is 0 Å². The molecule has 0 aliphatic carbocycles. The SMILES string of the molecule is Nc1ccc(C(=O)c2ccc(C(=O)c3ccc(N)cc3C(F)(F)F)cc2)c(C(F)(F)F)c1. The standard InChI is InChI=1S/C22H14F6N2O2/c23-21(24,25)17-9-13(29)5-7-15(17)19(31)11-1-2-12(4-3-11)20(32)16-8-6-14(30)10-18(16)22(26,27)28/h1-10H,29-30H2. The highest BCUT2D eigenvalue weighted by molar-refractivity contribution is 6.13. The Balaban J connectivity index is 1.97. The van der Waals surface area contributed by atoms with Crippen molar-refractivity contribution in [2.24, 2.45) is 0 Å². The first kappa shape index (κ1) is 22.9. The highest BCUT2D eigenvalue weighted by Crippen LogP contribution is 2.35. The van der Waals surface area contributed by atoms with Gasteiger partial charge in [0.05, 0.1) is 11.1 Å². The molecule has 0 heterocycles. The average Bonchev–Trinajstić information content (AvgIpc) is 2.71. The van der Waals surface area contributed by atoms with Crippen molar-refractivity contribution in [3.63, 3.8) is 0 Å². The van der Waals surface area contributed by atoms with Crippen LogP contribution in [0.2, 0.25) is 0 Å². The van der Waals surface area contributed by atoms with Gasteiger partial charge in [-0.15, -0.1) is 0 Å². The molecule has 0 aromatic heterocycles. The summed E-state index contributed by atoms with van der Waals surface area (Å²) in [5.41, 5.74) is 6.29. The Kier molecular flexibility index (Phi) is 5.73. The van der Waals surface area contributed by atoms with E-state index in [-0.39, 0.29) is 22.5 Å². The van der Waals surface area contributed by atoms with Crippen molar-refractivity contribution in [1.82, 2.24) is 0 Å². The number of hydrogen-bond acceptors (Lipinski definition) is 4. The zero-order valence-electron chi connectivity index (χ0n) is 16.0. The van der Waals surface area contributed by atoms with Gasteiger partial charge in [-0.2, -0.15) is 26.3 Å². The number of ketones is 2. The quantitative estimate of drug-likeness (QED) is 0.317. The van der Waals surface area contributed by atoms with Crippen LogP contribution in [0.4, 0.5) is 37.7 Å². The van der Waals surface area contributed by atoms with Gasteiger partial charge in [-0.3, -0.25) is 9.59 Å². The van der Waals surface area contributed by atoms with Crippen LogP contribution in [0, 0.1) is 0 Å². The molecular formula is C22H14F6N2O2. The lowest BCUT2D eigenvalue weighted by Gasteiger charge is -2.14. The van der Waals surface area contributed by atoms with Crippen LogP contribution < -0.4 is 11.5 Å². The molecule has 0 aliphatic heterocycles. The molecule has 3 aromatic carbocycles. The fourth-order valence-corrected chi connectivity index (χ4v) is 3.07. The Morgan fingerprint density at radius 3 is 1.16 bits per heavy atom. The highest BCUT2D eigenvalue weighted by atomic mass is 19.4. The Morgan fingerprint density at radius 1 is 0.562 bits per heavy atom. The monoisotopic (exact) mass is 452 g/mol. The number of rotatable bonds is 4. The number of hydrogen-bond donors (Lipinski definition) is 2. The average molecular weight is 452 g/mol. The Bertz CT molecular complexity index is 1100. The molecule has 0 saturated heterocycles. The molecule has 3 aromatic rings. The fraction of sp³-hybridized carbons (Fsp3) is 0.0909. The summed E-state index contributed by atoms with van der Waals surface area (Å²) in [5.74, 6) is -1.97. The first-order chi connectivity index (χ1) is 14.8. The summed E-state index contributed by atoms with van der Waals surface area (Å²) in [6.07, 6.45) is -9.67. The summed E-state index contributed by atoms with van der Waals surface area (Å²) in [6.45, 7) is 0. The third-order valence-corrected chi connectivity index (χ3v) is 4.60. The molecule has 0 aliphatic rings. The van der Waals surface area contributed by atoms with Crippen LogP contribution in [0.15, 0.2) is 60.7 Å². The van der Waals surface area contributed by atoms with Gasteiger partial charge in [0.25, 0.3) is 0 Å². The van der Waals surface area contributed by atoms with E-state index < -0.39 is 46.2 Å². The molecule has 0 spiro atoms. The lowest BCUT2D eigenvalue weighted by Crippen LogP contribution is -2.15. The van der Waals surface area contributed by atoms with E-state index in [1.54, 1.807) is 0 Å². The molecule has 4 nitrogen and oxygen atoms in total. The maximum absolute atomic E-state index is 13.3. The summed E-state index contributed by atoms with van der Waals surface area (Å²) < 4.78 is 79.6. The second-order valence-corrected chi connectivity index (χ2v) is 6.84. The number of alkyl halides is 6. The fourth-order valence-electron chi connectivity index (χ4n) is 3.07. The number of benzene rings is 3. The molecule has 0 bridgehead atoms. The first-order valence-electron chi connectivity index (χ1n) is 8.92. The molecule has 0 amide bonds. The lowest BCUT2D eigenvalue weighted by molar-refractivity contribution is -0.138. The Labute approximate surface area is 177 Å². The molecule has 10 heteroatoms. The maximum atomic E-state index is 13.3. The normalized spacial score (nSPS) is 11.9. The summed E-state index contributed by atoms with van der Waals surface area (Å²) in [7, 11) is 0. The van der Waals surface area contributed by atoms with Crippen molar-refractivity contribution < 1.29 is 35.9 Å². The van der Waals surface area contributed by atoms with Gasteiger partial charge < -0.3 is 11.5 Å².